The minimum atomic E-state index is -3.52. The first kappa shape index (κ1) is 19.3. The van der Waals surface area contributed by atoms with Crippen LogP contribution in [0.2, 0.25) is 0 Å². The molecule has 0 radical (unpaired) electrons. The second kappa shape index (κ2) is 8.89. The first-order valence-electron chi connectivity index (χ1n) is 7.78. The second-order valence-electron chi connectivity index (χ2n) is 5.47. The Morgan fingerprint density at radius 3 is 2.40 bits per heavy atom. The molecule has 0 saturated heterocycles. The van der Waals surface area contributed by atoms with Gasteiger partial charge in [-0.3, -0.25) is 9.59 Å². The van der Waals surface area contributed by atoms with Gasteiger partial charge < -0.3 is 5.32 Å². The standard InChI is InChI=1S/C17H20N2O4S2/c1-13-4-6-14(7-5-13)15(20)8-9-16(21)18-10-11-19-25(22,23)17-3-2-12-24-17/h2-7,12,19H,8-11H2,1H3,(H,18,21). The van der Waals surface area contributed by atoms with E-state index in [1.165, 1.54) is 6.07 Å². The number of ketones is 1. The number of amides is 1. The van der Waals surface area contributed by atoms with Crippen LogP contribution in [0.1, 0.15) is 28.8 Å². The molecule has 8 heteroatoms. The van der Waals surface area contributed by atoms with Crippen LogP contribution in [0.5, 0.6) is 0 Å². The summed E-state index contributed by atoms with van der Waals surface area (Å²) in [4.78, 5) is 23.7. The van der Waals surface area contributed by atoms with Gasteiger partial charge in [0.05, 0.1) is 0 Å². The van der Waals surface area contributed by atoms with Crippen LogP contribution < -0.4 is 10.0 Å². The van der Waals surface area contributed by atoms with Gasteiger partial charge in [-0.15, -0.1) is 11.3 Å². The molecule has 0 saturated carbocycles. The Hall–Kier alpha value is -2.03. The summed E-state index contributed by atoms with van der Waals surface area (Å²) in [5.74, 6) is -0.371. The van der Waals surface area contributed by atoms with Crippen molar-refractivity contribution in [2.45, 2.75) is 24.0 Å². The Kier molecular flexibility index (Phi) is 6.86. The van der Waals surface area contributed by atoms with Crippen LogP contribution in [0, 0.1) is 6.92 Å². The van der Waals surface area contributed by atoms with E-state index >= 15 is 0 Å². The fraction of sp³-hybridized carbons (Fsp3) is 0.294. The minimum absolute atomic E-state index is 0.0738. The molecule has 1 aromatic heterocycles. The molecule has 2 N–H and O–H groups in total. The van der Waals surface area contributed by atoms with Crippen molar-refractivity contribution in [3.63, 3.8) is 0 Å². The number of hydrogen-bond acceptors (Lipinski definition) is 5. The molecule has 1 heterocycles. The van der Waals surface area contributed by atoms with Gasteiger partial charge in [0.25, 0.3) is 0 Å². The number of benzene rings is 1. The lowest BCUT2D eigenvalue weighted by Gasteiger charge is -2.07. The fourth-order valence-corrected chi connectivity index (χ4v) is 4.14. The van der Waals surface area contributed by atoms with Gasteiger partial charge in [-0.05, 0) is 18.4 Å². The molecule has 0 atom stereocenters. The van der Waals surface area contributed by atoms with Gasteiger partial charge in [-0.1, -0.05) is 35.9 Å². The zero-order valence-electron chi connectivity index (χ0n) is 13.8. The normalized spacial score (nSPS) is 11.2. The van der Waals surface area contributed by atoms with E-state index in [9.17, 15) is 18.0 Å². The van der Waals surface area contributed by atoms with Crippen LogP contribution in [0.3, 0.4) is 0 Å². The van der Waals surface area contributed by atoms with Crippen molar-refractivity contribution in [2.75, 3.05) is 13.1 Å². The second-order valence-corrected chi connectivity index (χ2v) is 8.41. The molecule has 0 spiro atoms. The van der Waals surface area contributed by atoms with Gasteiger partial charge in [-0.25, -0.2) is 13.1 Å². The van der Waals surface area contributed by atoms with Crippen LogP contribution in [0.25, 0.3) is 0 Å². The van der Waals surface area contributed by atoms with Crippen molar-refractivity contribution < 1.29 is 18.0 Å². The summed E-state index contributed by atoms with van der Waals surface area (Å²) in [7, 11) is -3.52. The van der Waals surface area contributed by atoms with Crippen LogP contribution in [0.4, 0.5) is 0 Å². The Bertz CT molecular complexity index is 813. The van der Waals surface area contributed by atoms with Crippen LogP contribution >= 0.6 is 11.3 Å². The first-order valence-corrected chi connectivity index (χ1v) is 10.1. The van der Waals surface area contributed by atoms with Crippen LogP contribution in [-0.2, 0) is 14.8 Å². The number of nitrogens with one attached hydrogen (secondary N) is 2. The topological polar surface area (TPSA) is 92.3 Å². The molecule has 6 nitrogen and oxygen atoms in total. The van der Waals surface area contributed by atoms with Gasteiger partial charge in [0.1, 0.15) is 4.21 Å². The number of carbonyl (C=O) groups excluding carboxylic acids is 2. The number of hydrogen-bond donors (Lipinski definition) is 2. The highest BCUT2D eigenvalue weighted by molar-refractivity contribution is 7.91. The number of carbonyl (C=O) groups is 2. The highest BCUT2D eigenvalue weighted by atomic mass is 32.2. The highest BCUT2D eigenvalue weighted by Gasteiger charge is 2.14. The van der Waals surface area contributed by atoms with Gasteiger partial charge in [0.15, 0.2) is 5.78 Å². The minimum Gasteiger partial charge on any atom is -0.355 e. The maximum Gasteiger partial charge on any atom is 0.250 e. The van der Waals surface area contributed by atoms with Gasteiger partial charge >= 0.3 is 0 Å². The highest BCUT2D eigenvalue weighted by Crippen LogP contribution is 2.14. The summed E-state index contributed by atoms with van der Waals surface area (Å²) < 4.78 is 26.4. The van der Waals surface area contributed by atoms with Crippen molar-refractivity contribution in [3.8, 4) is 0 Å². The van der Waals surface area contributed by atoms with Crippen molar-refractivity contribution in [1.29, 1.82) is 0 Å². The van der Waals surface area contributed by atoms with E-state index in [0.29, 0.717) is 5.56 Å². The van der Waals surface area contributed by atoms with Gasteiger partial charge in [0, 0.05) is 31.5 Å². The third-order valence-electron chi connectivity index (χ3n) is 3.45. The third-order valence-corrected chi connectivity index (χ3v) is 6.31. The molecule has 0 unspecified atom stereocenters. The summed E-state index contributed by atoms with van der Waals surface area (Å²) in [6.07, 6.45) is 0.195. The van der Waals surface area contributed by atoms with Crippen molar-refractivity contribution in [2.24, 2.45) is 0 Å². The van der Waals surface area contributed by atoms with E-state index in [2.05, 4.69) is 10.0 Å². The van der Waals surface area contributed by atoms with E-state index in [-0.39, 0.29) is 41.8 Å². The summed E-state index contributed by atoms with van der Waals surface area (Å²) in [5.41, 5.74) is 1.65. The Morgan fingerprint density at radius 2 is 1.76 bits per heavy atom. The number of aryl methyl sites for hydroxylation is 1. The monoisotopic (exact) mass is 380 g/mol. The quantitative estimate of drug-likeness (QED) is 0.515. The molecular formula is C17H20N2O4S2. The SMILES string of the molecule is Cc1ccc(C(=O)CCC(=O)NCCNS(=O)(=O)c2cccs2)cc1. The predicted octanol–water partition coefficient (Wildman–Crippen LogP) is 2.11. The maximum atomic E-state index is 12.0. The number of sulfonamides is 1. The van der Waals surface area contributed by atoms with Crippen LogP contribution in [0.15, 0.2) is 46.0 Å². The molecule has 25 heavy (non-hydrogen) atoms. The maximum absolute atomic E-state index is 12.0. The van der Waals surface area contributed by atoms with Crippen molar-refractivity contribution in [3.05, 3.63) is 52.9 Å². The Labute approximate surface area is 151 Å². The van der Waals surface area contributed by atoms with Crippen LogP contribution in [-0.4, -0.2) is 33.2 Å². The molecule has 0 bridgehead atoms. The molecule has 1 aromatic carbocycles. The molecule has 134 valence electrons. The first-order chi connectivity index (χ1) is 11.9. The zero-order valence-corrected chi connectivity index (χ0v) is 15.5. The van der Waals surface area contributed by atoms with Crippen molar-refractivity contribution in [1.82, 2.24) is 10.0 Å². The summed E-state index contributed by atoms with van der Waals surface area (Å²) in [6.45, 7) is 2.20. The Balaban J connectivity index is 1.67. The predicted molar refractivity (Wildman–Crippen MR) is 97.3 cm³/mol. The average Bonchev–Trinajstić information content (AvgIpc) is 3.13. The molecule has 2 aromatic rings. The molecule has 0 aliphatic carbocycles. The largest absolute Gasteiger partial charge is 0.355 e. The lowest BCUT2D eigenvalue weighted by atomic mass is 10.1. The molecule has 0 aliphatic heterocycles. The number of thiophene rings is 1. The van der Waals surface area contributed by atoms with E-state index in [1.54, 1.807) is 23.6 Å². The van der Waals surface area contributed by atoms with E-state index in [0.717, 1.165) is 16.9 Å². The van der Waals surface area contributed by atoms with Gasteiger partial charge in [-0.2, -0.15) is 0 Å². The molecule has 0 fully saturated rings. The third kappa shape index (κ3) is 6.08. The summed E-state index contributed by atoms with van der Waals surface area (Å²) >= 11 is 1.13. The zero-order chi connectivity index (χ0) is 18.3. The van der Waals surface area contributed by atoms with Crippen molar-refractivity contribution >= 4 is 33.1 Å². The van der Waals surface area contributed by atoms with E-state index < -0.39 is 10.0 Å². The van der Waals surface area contributed by atoms with E-state index in [1.807, 2.05) is 19.1 Å². The lowest BCUT2D eigenvalue weighted by molar-refractivity contribution is -0.121. The fourth-order valence-electron chi connectivity index (χ4n) is 2.07. The summed E-state index contributed by atoms with van der Waals surface area (Å²) in [6, 6.07) is 10.4. The molecule has 0 aliphatic rings. The molecule has 1 amide bonds. The average molecular weight is 380 g/mol. The summed E-state index contributed by atoms with van der Waals surface area (Å²) in [5, 5.41) is 4.28. The number of rotatable bonds is 9. The number of Topliss-reactive ketones (excluding diaryl/α,β-unsaturated/α-hetero) is 1. The van der Waals surface area contributed by atoms with Gasteiger partial charge in [0.2, 0.25) is 15.9 Å². The lowest BCUT2D eigenvalue weighted by Crippen LogP contribution is -2.34. The Morgan fingerprint density at radius 1 is 1.04 bits per heavy atom. The van der Waals surface area contributed by atoms with E-state index in [4.69, 9.17) is 0 Å². The smallest absolute Gasteiger partial charge is 0.250 e. The molecular weight excluding hydrogens is 360 g/mol. The molecule has 2 rings (SSSR count).